The summed E-state index contributed by atoms with van der Waals surface area (Å²) in [6, 6.07) is 5.16. The van der Waals surface area contributed by atoms with E-state index in [1.807, 2.05) is 13.8 Å². The van der Waals surface area contributed by atoms with Gasteiger partial charge < -0.3 is 10.1 Å². The van der Waals surface area contributed by atoms with E-state index < -0.39 is 11.9 Å². The molecule has 1 heterocycles. The Morgan fingerprint density at radius 3 is 2.91 bits per heavy atom. The summed E-state index contributed by atoms with van der Waals surface area (Å²) in [5, 5.41) is 6.99. The van der Waals surface area contributed by atoms with Crippen LogP contribution in [0.25, 0.3) is 0 Å². The van der Waals surface area contributed by atoms with Crippen LogP contribution in [0.5, 0.6) is 0 Å². The van der Waals surface area contributed by atoms with Gasteiger partial charge in [0, 0.05) is 10.7 Å². The Bertz CT molecular complexity index is 702. The Labute approximate surface area is 136 Å². The van der Waals surface area contributed by atoms with Crippen LogP contribution < -0.4 is 5.32 Å². The Balaban J connectivity index is 1.93. The van der Waals surface area contributed by atoms with Gasteiger partial charge in [-0.2, -0.15) is 0 Å². The number of nitrogens with zero attached hydrogens (tertiary/aromatic N) is 2. The molecule has 1 aromatic carbocycles. The molecule has 6 nitrogen and oxygen atoms in total. The smallest absolute Gasteiger partial charge is 0.352 e. The highest BCUT2D eigenvalue weighted by molar-refractivity contribution is 7.07. The average molecular weight is 340 g/mol. The molecule has 8 heteroatoms. The molecule has 0 fully saturated rings. The maximum atomic E-state index is 11.9. The van der Waals surface area contributed by atoms with Crippen molar-refractivity contribution in [3.63, 3.8) is 0 Å². The number of benzene rings is 1. The number of carbonyl (C=O) groups excluding carboxylic acids is 2. The normalized spacial score (nSPS) is 10.3. The summed E-state index contributed by atoms with van der Waals surface area (Å²) in [4.78, 5) is 24.0. The number of aryl methyl sites for hydroxylation is 2. The lowest BCUT2D eigenvalue weighted by Gasteiger charge is -2.09. The van der Waals surface area contributed by atoms with Crippen molar-refractivity contribution in [3.05, 3.63) is 39.4 Å². The Hall–Kier alpha value is -1.99. The second-order valence-corrected chi connectivity index (χ2v) is 5.68. The summed E-state index contributed by atoms with van der Waals surface area (Å²) in [5.74, 6) is -1.03. The van der Waals surface area contributed by atoms with Crippen molar-refractivity contribution < 1.29 is 14.3 Å². The third-order valence-electron chi connectivity index (χ3n) is 2.88. The molecule has 0 unspecified atom stereocenters. The lowest BCUT2D eigenvalue weighted by Crippen LogP contribution is -2.21. The van der Waals surface area contributed by atoms with E-state index in [4.69, 9.17) is 16.3 Å². The first kappa shape index (κ1) is 16.4. The van der Waals surface area contributed by atoms with Crippen LogP contribution in [-0.2, 0) is 16.0 Å². The van der Waals surface area contributed by atoms with Gasteiger partial charge in [0.05, 0.1) is 5.69 Å². The number of ether oxygens (including phenoxy) is 1. The van der Waals surface area contributed by atoms with Gasteiger partial charge in [-0.15, -0.1) is 5.10 Å². The van der Waals surface area contributed by atoms with Gasteiger partial charge in [-0.25, -0.2) is 4.79 Å². The second kappa shape index (κ2) is 7.33. The van der Waals surface area contributed by atoms with Gasteiger partial charge in [-0.1, -0.05) is 29.1 Å². The zero-order valence-electron chi connectivity index (χ0n) is 12.1. The van der Waals surface area contributed by atoms with Crippen molar-refractivity contribution in [2.45, 2.75) is 20.3 Å². The maximum absolute atomic E-state index is 11.9. The fourth-order valence-electron chi connectivity index (χ4n) is 1.71. The molecule has 0 saturated heterocycles. The number of hydrogen-bond donors (Lipinski definition) is 1. The third-order valence-corrected chi connectivity index (χ3v) is 3.87. The molecule has 22 heavy (non-hydrogen) atoms. The molecule has 0 saturated carbocycles. The van der Waals surface area contributed by atoms with Crippen molar-refractivity contribution in [2.24, 2.45) is 0 Å². The van der Waals surface area contributed by atoms with Crippen molar-refractivity contribution in [2.75, 3.05) is 11.9 Å². The van der Waals surface area contributed by atoms with Crippen LogP contribution in [0.4, 0.5) is 5.69 Å². The van der Waals surface area contributed by atoms with Crippen molar-refractivity contribution in [1.29, 1.82) is 0 Å². The monoisotopic (exact) mass is 339 g/mol. The number of halogens is 1. The molecule has 0 bridgehead atoms. The standard InChI is InChI=1S/C14H14ClN3O3S/c1-3-10-13(22-18-17-10)14(20)21-7-12(19)16-11-6-9(15)5-4-8(11)2/h4-6H,3,7H2,1-2H3,(H,16,19). The Morgan fingerprint density at radius 1 is 1.41 bits per heavy atom. The molecule has 0 radical (unpaired) electrons. The van der Waals surface area contributed by atoms with Crippen LogP contribution in [0.2, 0.25) is 5.02 Å². The summed E-state index contributed by atoms with van der Waals surface area (Å²) in [5.41, 5.74) is 2.02. The first-order valence-corrected chi connectivity index (χ1v) is 7.70. The Kier molecular flexibility index (Phi) is 5.46. The molecule has 1 aromatic heterocycles. The highest BCUT2D eigenvalue weighted by Gasteiger charge is 2.18. The van der Waals surface area contributed by atoms with Gasteiger partial charge in [0.25, 0.3) is 5.91 Å². The first-order chi connectivity index (χ1) is 10.5. The van der Waals surface area contributed by atoms with Crippen LogP contribution in [0.1, 0.15) is 27.9 Å². The summed E-state index contributed by atoms with van der Waals surface area (Å²) in [6.45, 7) is 3.32. The maximum Gasteiger partial charge on any atom is 0.352 e. The molecular formula is C14H14ClN3O3S. The number of nitrogens with one attached hydrogen (secondary N) is 1. The van der Waals surface area contributed by atoms with Gasteiger partial charge in [0.15, 0.2) is 11.5 Å². The molecule has 2 rings (SSSR count). The van der Waals surface area contributed by atoms with E-state index >= 15 is 0 Å². The molecule has 0 atom stereocenters. The van der Waals surface area contributed by atoms with Crippen LogP contribution in [0.3, 0.4) is 0 Å². The van der Waals surface area contributed by atoms with Crippen LogP contribution in [-0.4, -0.2) is 28.1 Å². The predicted molar refractivity (Wildman–Crippen MR) is 84.4 cm³/mol. The fourth-order valence-corrected chi connectivity index (χ4v) is 2.52. The number of rotatable bonds is 5. The van der Waals surface area contributed by atoms with E-state index in [2.05, 4.69) is 14.9 Å². The average Bonchev–Trinajstić information content (AvgIpc) is 2.97. The summed E-state index contributed by atoms with van der Waals surface area (Å²) in [7, 11) is 0. The van der Waals surface area contributed by atoms with E-state index in [-0.39, 0.29) is 6.61 Å². The van der Waals surface area contributed by atoms with Crippen LogP contribution >= 0.6 is 23.1 Å². The zero-order valence-corrected chi connectivity index (χ0v) is 13.6. The van der Waals surface area contributed by atoms with E-state index in [9.17, 15) is 9.59 Å². The fraction of sp³-hybridized carbons (Fsp3) is 0.286. The lowest BCUT2D eigenvalue weighted by atomic mass is 10.2. The van der Waals surface area contributed by atoms with E-state index in [0.717, 1.165) is 17.1 Å². The van der Waals surface area contributed by atoms with Gasteiger partial charge in [0.1, 0.15) is 0 Å². The zero-order chi connectivity index (χ0) is 16.1. The van der Waals surface area contributed by atoms with Gasteiger partial charge in [-0.05, 0) is 42.6 Å². The third kappa shape index (κ3) is 4.02. The summed E-state index contributed by atoms with van der Waals surface area (Å²) < 4.78 is 8.69. The molecule has 2 aromatic rings. The van der Waals surface area contributed by atoms with Gasteiger partial charge in [-0.3, -0.25) is 4.79 Å². The van der Waals surface area contributed by atoms with Crippen molar-refractivity contribution in [1.82, 2.24) is 9.59 Å². The Morgan fingerprint density at radius 2 is 2.18 bits per heavy atom. The predicted octanol–water partition coefficient (Wildman–Crippen LogP) is 2.86. The highest BCUT2D eigenvalue weighted by atomic mass is 35.5. The van der Waals surface area contributed by atoms with E-state index in [1.54, 1.807) is 18.2 Å². The van der Waals surface area contributed by atoms with Gasteiger partial charge >= 0.3 is 5.97 Å². The van der Waals surface area contributed by atoms with Crippen LogP contribution in [0, 0.1) is 6.92 Å². The minimum atomic E-state index is -0.593. The number of anilines is 1. The minimum Gasteiger partial charge on any atom is -0.451 e. The highest BCUT2D eigenvalue weighted by Crippen LogP contribution is 2.20. The summed E-state index contributed by atoms with van der Waals surface area (Å²) in [6.07, 6.45) is 0.578. The summed E-state index contributed by atoms with van der Waals surface area (Å²) >= 11 is 6.84. The number of carbonyl (C=O) groups is 2. The number of amides is 1. The molecule has 116 valence electrons. The second-order valence-electron chi connectivity index (χ2n) is 4.49. The van der Waals surface area contributed by atoms with Crippen LogP contribution in [0.15, 0.2) is 18.2 Å². The van der Waals surface area contributed by atoms with Crippen molar-refractivity contribution >= 4 is 40.7 Å². The number of aromatic nitrogens is 2. The molecular weight excluding hydrogens is 326 g/mol. The SMILES string of the molecule is CCc1nnsc1C(=O)OCC(=O)Nc1cc(Cl)ccc1C. The van der Waals surface area contributed by atoms with E-state index in [0.29, 0.717) is 27.7 Å². The number of hydrogen-bond acceptors (Lipinski definition) is 6. The lowest BCUT2D eigenvalue weighted by molar-refractivity contribution is -0.119. The van der Waals surface area contributed by atoms with E-state index in [1.165, 1.54) is 0 Å². The minimum absolute atomic E-state index is 0.328. The van der Waals surface area contributed by atoms with Gasteiger partial charge in [0.2, 0.25) is 0 Å². The number of esters is 1. The molecule has 1 N–H and O–H groups in total. The topological polar surface area (TPSA) is 81.2 Å². The largest absolute Gasteiger partial charge is 0.451 e. The molecule has 0 aliphatic heterocycles. The quantitative estimate of drug-likeness (QED) is 0.847. The van der Waals surface area contributed by atoms with Crippen molar-refractivity contribution in [3.8, 4) is 0 Å². The molecule has 0 spiro atoms. The molecule has 1 amide bonds. The first-order valence-electron chi connectivity index (χ1n) is 6.55. The molecule has 0 aliphatic carbocycles. The molecule has 0 aliphatic rings.